The fourth-order valence-electron chi connectivity index (χ4n) is 5.03. The average molecular weight is 386 g/mol. The van der Waals surface area contributed by atoms with Crippen LogP contribution in [0, 0.1) is 11.3 Å². The zero-order chi connectivity index (χ0) is 19.4. The summed E-state index contributed by atoms with van der Waals surface area (Å²) in [6.45, 7) is 2.99. The van der Waals surface area contributed by atoms with Crippen molar-refractivity contribution in [1.82, 2.24) is 15.5 Å². The van der Waals surface area contributed by atoms with Gasteiger partial charge < -0.3 is 20.3 Å². The molecule has 3 amide bonds. The largest absolute Gasteiger partial charge is 0.381 e. The topological polar surface area (TPSA) is 70.7 Å². The maximum atomic E-state index is 13.1. The highest BCUT2D eigenvalue weighted by Gasteiger charge is 2.52. The summed E-state index contributed by atoms with van der Waals surface area (Å²) in [7, 11) is 0. The molecule has 3 fully saturated rings. The second-order valence-electron chi connectivity index (χ2n) is 8.54. The van der Waals surface area contributed by atoms with Crippen LogP contribution in [0.3, 0.4) is 0 Å². The summed E-state index contributed by atoms with van der Waals surface area (Å²) in [5, 5.41) is 6.29. The second-order valence-corrected chi connectivity index (χ2v) is 8.54. The molecule has 6 heteroatoms. The fraction of sp³-hybridized carbons (Fsp3) is 0.636. The Balaban J connectivity index is 1.41. The van der Waals surface area contributed by atoms with Gasteiger partial charge in [0.15, 0.2) is 0 Å². The van der Waals surface area contributed by atoms with Crippen molar-refractivity contribution in [3.8, 4) is 0 Å². The van der Waals surface area contributed by atoms with Gasteiger partial charge in [0.25, 0.3) is 0 Å². The van der Waals surface area contributed by atoms with Crippen LogP contribution < -0.4 is 10.6 Å². The Kier molecular flexibility index (Phi) is 5.85. The molecule has 0 aromatic heterocycles. The van der Waals surface area contributed by atoms with E-state index in [1.165, 1.54) is 12.8 Å². The number of nitrogens with zero attached hydrogens (tertiary/aromatic N) is 1. The van der Waals surface area contributed by atoms with Crippen LogP contribution in [0.1, 0.15) is 44.1 Å². The molecule has 6 nitrogen and oxygen atoms in total. The third kappa shape index (κ3) is 4.17. The van der Waals surface area contributed by atoms with Gasteiger partial charge in [-0.3, -0.25) is 4.79 Å². The minimum Gasteiger partial charge on any atom is -0.381 e. The van der Waals surface area contributed by atoms with Gasteiger partial charge in [-0.25, -0.2) is 4.79 Å². The highest BCUT2D eigenvalue weighted by atomic mass is 16.5. The summed E-state index contributed by atoms with van der Waals surface area (Å²) < 4.78 is 5.57. The van der Waals surface area contributed by atoms with Gasteiger partial charge in [-0.2, -0.15) is 0 Å². The van der Waals surface area contributed by atoms with E-state index in [1.807, 2.05) is 35.2 Å². The van der Waals surface area contributed by atoms with E-state index in [0.717, 1.165) is 31.2 Å². The zero-order valence-corrected chi connectivity index (χ0v) is 16.5. The van der Waals surface area contributed by atoms with Gasteiger partial charge in [0, 0.05) is 44.3 Å². The summed E-state index contributed by atoms with van der Waals surface area (Å²) in [5.41, 5.74) is 0.928. The third-order valence-corrected chi connectivity index (χ3v) is 6.73. The highest BCUT2D eigenvalue weighted by Crippen LogP contribution is 2.44. The first-order valence-electron chi connectivity index (χ1n) is 10.6. The smallest absolute Gasteiger partial charge is 0.317 e. The lowest BCUT2D eigenvalue weighted by molar-refractivity contribution is -0.130. The molecular weight excluding hydrogens is 354 g/mol. The van der Waals surface area contributed by atoms with Crippen molar-refractivity contribution < 1.29 is 14.3 Å². The molecule has 152 valence electrons. The van der Waals surface area contributed by atoms with Crippen molar-refractivity contribution in [2.75, 3.05) is 26.3 Å². The quantitative estimate of drug-likeness (QED) is 0.837. The van der Waals surface area contributed by atoms with E-state index in [0.29, 0.717) is 38.9 Å². The predicted molar refractivity (Wildman–Crippen MR) is 107 cm³/mol. The molecule has 1 spiro atoms. The molecule has 0 radical (unpaired) electrons. The summed E-state index contributed by atoms with van der Waals surface area (Å²) in [5.74, 6) is -0.00775. The molecule has 1 unspecified atom stereocenters. The molecule has 1 aromatic rings. The van der Waals surface area contributed by atoms with Crippen molar-refractivity contribution >= 4 is 11.9 Å². The van der Waals surface area contributed by atoms with Crippen molar-refractivity contribution in [1.29, 1.82) is 0 Å². The van der Waals surface area contributed by atoms with E-state index in [9.17, 15) is 9.59 Å². The Morgan fingerprint density at radius 2 is 1.82 bits per heavy atom. The molecule has 2 heterocycles. The standard InChI is InChI=1S/C22H31N3O3/c26-20(24-18-8-4-5-9-18)19-15-25(16-22(19)10-12-28-13-11-22)21(27)23-14-17-6-2-1-3-7-17/h1-3,6-7,18-19H,4-5,8-16H2,(H,23,27)(H,24,26). The van der Waals surface area contributed by atoms with E-state index < -0.39 is 0 Å². The lowest BCUT2D eigenvalue weighted by Crippen LogP contribution is -2.46. The lowest BCUT2D eigenvalue weighted by atomic mass is 9.71. The van der Waals surface area contributed by atoms with Crippen LogP contribution >= 0.6 is 0 Å². The highest BCUT2D eigenvalue weighted by molar-refractivity contribution is 5.83. The fourth-order valence-corrected chi connectivity index (χ4v) is 5.03. The van der Waals surface area contributed by atoms with Gasteiger partial charge in [0.05, 0.1) is 5.92 Å². The van der Waals surface area contributed by atoms with E-state index in [4.69, 9.17) is 4.74 Å². The third-order valence-electron chi connectivity index (χ3n) is 6.73. The number of likely N-dealkylation sites (tertiary alicyclic amines) is 1. The molecule has 4 rings (SSSR count). The number of hydrogen-bond donors (Lipinski definition) is 2. The summed E-state index contributed by atoms with van der Waals surface area (Å²) in [4.78, 5) is 27.8. The van der Waals surface area contributed by atoms with E-state index in [2.05, 4.69) is 10.6 Å². The number of ether oxygens (including phenoxy) is 1. The van der Waals surface area contributed by atoms with Crippen LogP contribution in [0.15, 0.2) is 30.3 Å². The van der Waals surface area contributed by atoms with Gasteiger partial charge in [-0.05, 0) is 31.2 Å². The number of hydrogen-bond acceptors (Lipinski definition) is 3. The Morgan fingerprint density at radius 1 is 1.11 bits per heavy atom. The van der Waals surface area contributed by atoms with E-state index >= 15 is 0 Å². The molecule has 2 aliphatic heterocycles. The maximum absolute atomic E-state index is 13.1. The van der Waals surface area contributed by atoms with Crippen molar-refractivity contribution in [3.63, 3.8) is 0 Å². The Bertz CT molecular complexity index is 682. The number of rotatable bonds is 4. The predicted octanol–water partition coefficient (Wildman–Crippen LogP) is 2.68. The van der Waals surface area contributed by atoms with Gasteiger partial charge in [-0.15, -0.1) is 0 Å². The molecule has 1 aromatic carbocycles. The molecular formula is C22H31N3O3. The summed E-state index contributed by atoms with van der Waals surface area (Å²) >= 11 is 0. The Labute approximate surface area is 167 Å². The number of nitrogens with one attached hydrogen (secondary N) is 2. The van der Waals surface area contributed by atoms with Crippen molar-refractivity contribution in [3.05, 3.63) is 35.9 Å². The SMILES string of the molecule is O=C(NC1CCCC1)C1CN(C(=O)NCc2ccccc2)CC12CCOCC2. The maximum Gasteiger partial charge on any atom is 0.317 e. The lowest BCUT2D eigenvalue weighted by Gasteiger charge is -2.37. The molecule has 2 saturated heterocycles. The Morgan fingerprint density at radius 3 is 2.54 bits per heavy atom. The van der Waals surface area contributed by atoms with E-state index in [-0.39, 0.29) is 23.3 Å². The van der Waals surface area contributed by atoms with Gasteiger partial charge in [0.2, 0.25) is 5.91 Å². The number of urea groups is 1. The minimum absolute atomic E-state index is 0.0779. The molecule has 1 atom stereocenters. The number of amides is 3. The van der Waals surface area contributed by atoms with E-state index in [1.54, 1.807) is 0 Å². The van der Waals surface area contributed by atoms with Crippen LogP contribution in [0.4, 0.5) is 4.79 Å². The molecule has 3 aliphatic rings. The first kappa shape index (κ1) is 19.2. The van der Waals surface area contributed by atoms with Crippen LogP contribution in [-0.2, 0) is 16.1 Å². The molecule has 1 saturated carbocycles. The number of benzene rings is 1. The normalized spacial score (nSPS) is 24.4. The summed E-state index contributed by atoms with van der Waals surface area (Å²) in [6, 6.07) is 10.1. The molecule has 1 aliphatic carbocycles. The van der Waals surface area contributed by atoms with Crippen LogP contribution in [-0.4, -0.2) is 49.2 Å². The van der Waals surface area contributed by atoms with Gasteiger partial charge in [0.1, 0.15) is 0 Å². The number of carbonyl (C=O) groups is 2. The summed E-state index contributed by atoms with van der Waals surface area (Å²) in [6.07, 6.45) is 6.24. The van der Waals surface area contributed by atoms with Gasteiger partial charge >= 0.3 is 6.03 Å². The molecule has 28 heavy (non-hydrogen) atoms. The van der Waals surface area contributed by atoms with Crippen LogP contribution in [0.2, 0.25) is 0 Å². The zero-order valence-electron chi connectivity index (χ0n) is 16.5. The van der Waals surface area contributed by atoms with Crippen molar-refractivity contribution in [2.24, 2.45) is 11.3 Å². The second kappa shape index (κ2) is 8.52. The molecule has 2 N–H and O–H groups in total. The number of carbonyl (C=O) groups excluding carboxylic acids is 2. The first-order valence-corrected chi connectivity index (χ1v) is 10.6. The first-order chi connectivity index (χ1) is 13.7. The Hall–Kier alpha value is -2.08. The molecule has 0 bridgehead atoms. The van der Waals surface area contributed by atoms with Crippen LogP contribution in [0.25, 0.3) is 0 Å². The monoisotopic (exact) mass is 385 g/mol. The average Bonchev–Trinajstić information content (AvgIpc) is 3.36. The minimum atomic E-state index is -0.148. The van der Waals surface area contributed by atoms with Crippen LogP contribution in [0.5, 0.6) is 0 Å². The van der Waals surface area contributed by atoms with Gasteiger partial charge in [-0.1, -0.05) is 43.2 Å². The van der Waals surface area contributed by atoms with Crippen molar-refractivity contribution in [2.45, 2.75) is 51.1 Å².